The molecule has 138 valence electrons. The van der Waals surface area contributed by atoms with Gasteiger partial charge in [0.25, 0.3) is 5.91 Å². The van der Waals surface area contributed by atoms with Crippen LogP contribution in [0.2, 0.25) is 0 Å². The maximum absolute atomic E-state index is 13.0. The number of nitrogens with zero attached hydrogens (tertiary/aromatic N) is 3. The van der Waals surface area contributed by atoms with Gasteiger partial charge in [-0.05, 0) is 46.1 Å². The van der Waals surface area contributed by atoms with E-state index >= 15 is 0 Å². The zero-order valence-electron chi connectivity index (χ0n) is 15.5. The Balaban J connectivity index is 1.78. The molecule has 2 amide bonds. The van der Waals surface area contributed by atoms with Gasteiger partial charge in [-0.3, -0.25) is 9.59 Å². The number of piperidine rings is 1. The lowest BCUT2D eigenvalue weighted by Crippen LogP contribution is -2.51. The Hall–Kier alpha value is -1.82. The molecule has 1 spiro atoms. The number of likely N-dealkylation sites (tertiary alicyclic amines) is 2. The van der Waals surface area contributed by atoms with Gasteiger partial charge in [0.1, 0.15) is 0 Å². The van der Waals surface area contributed by atoms with Crippen molar-refractivity contribution in [2.24, 2.45) is 5.41 Å². The largest absolute Gasteiger partial charge is 0.395 e. The van der Waals surface area contributed by atoms with Crippen LogP contribution in [-0.4, -0.2) is 64.1 Å². The van der Waals surface area contributed by atoms with Crippen LogP contribution < -0.4 is 0 Å². The van der Waals surface area contributed by atoms with Gasteiger partial charge in [0.2, 0.25) is 5.91 Å². The van der Waals surface area contributed by atoms with E-state index in [2.05, 4.69) is 11.5 Å². The molecule has 2 saturated heterocycles. The molecule has 3 heterocycles. The number of rotatable bonds is 4. The quantitative estimate of drug-likeness (QED) is 0.899. The number of β-amino-alcohol motifs (C(OH)–C–C–N with tert-alkyl or cyclic N) is 1. The second kappa shape index (κ2) is 6.83. The van der Waals surface area contributed by atoms with Crippen molar-refractivity contribution >= 4 is 11.8 Å². The van der Waals surface area contributed by atoms with Crippen LogP contribution in [0.25, 0.3) is 0 Å². The fourth-order valence-electron chi connectivity index (χ4n) is 4.59. The van der Waals surface area contributed by atoms with E-state index in [1.807, 2.05) is 24.8 Å². The SMILES string of the molecule is CCn1c(C)cc(C(=O)N2CCC3(CCCN(CCO)C3=O)C2)c1C. The van der Waals surface area contributed by atoms with Crippen molar-refractivity contribution in [2.75, 3.05) is 32.8 Å². The number of aromatic nitrogens is 1. The van der Waals surface area contributed by atoms with Gasteiger partial charge in [0.05, 0.1) is 17.6 Å². The molecule has 0 aliphatic carbocycles. The first-order valence-electron chi connectivity index (χ1n) is 9.30. The highest BCUT2D eigenvalue weighted by molar-refractivity contribution is 5.97. The molecule has 0 aromatic carbocycles. The lowest BCUT2D eigenvalue weighted by atomic mass is 9.78. The summed E-state index contributed by atoms with van der Waals surface area (Å²) >= 11 is 0. The van der Waals surface area contributed by atoms with E-state index in [-0.39, 0.29) is 18.4 Å². The van der Waals surface area contributed by atoms with E-state index in [9.17, 15) is 14.7 Å². The Kier molecular flexibility index (Phi) is 4.91. The van der Waals surface area contributed by atoms with E-state index in [0.717, 1.165) is 42.8 Å². The predicted molar refractivity (Wildman–Crippen MR) is 95.4 cm³/mol. The van der Waals surface area contributed by atoms with Gasteiger partial charge >= 0.3 is 0 Å². The molecule has 0 radical (unpaired) electrons. The second-order valence-corrected chi connectivity index (χ2v) is 7.41. The number of aryl methyl sites for hydroxylation is 1. The van der Waals surface area contributed by atoms with E-state index in [1.165, 1.54) is 0 Å². The van der Waals surface area contributed by atoms with Crippen molar-refractivity contribution in [1.29, 1.82) is 0 Å². The van der Waals surface area contributed by atoms with Crippen molar-refractivity contribution < 1.29 is 14.7 Å². The lowest BCUT2D eigenvalue weighted by Gasteiger charge is -2.39. The van der Waals surface area contributed by atoms with Gasteiger partial charge in [0.15, 0.2) is 0 Å². The molecule has 1 N–H and O–H groups in total. The summed E-state index contributed by atoms with van der Waals surface area (Å²) in [6.45, 7) is 9.18. The molecular weight excluding hydrogens is 318 g/mol. The third kappa shape index (κ3) is 2.97. The molecule has 1 aromatic heterocycles. The van der Waals surface area contributed by atoms with Crippen molar-refractivity contribution in [3.63, 3.8) is 0 Å². The van der Waals surface area contributed by atoms with Gasteiger partial charge in [-0.25, -0.2) is 0 Å². The smallest absolute Gasteiger partial charge is 0.255 e. The third-order valence-electron chi connectivity index (χ3n) is 5.96. The van der Waals surface area contributed by atoms with E-state index in [0.29, 0.717) is 26.2 Å². The number of hydrogen-bond donors (Lipinski definition) is 1. The van der Waals surface area contributed by atoms with Crippen LogP contribution in [0, 0.1) is 19.3 Å². The van der Waals surface area contributed by atoms with Crippen LogP contribution in [0.3, 0.4) is 0 Å². The summed E-state index contributed by atoms with van der Waals surface area (Å²) in [6, 6.07) is 1.97. The van der Waals surface area contributed by atoms with E-state index in [1.54, 1.807) is 4.90 Å². The van der Waals surface area contributed by atoms with Gasteiger partial charge in [-0.1, -0.05) is 0 Å². The third-order valence-corrected chi connectivity index (χ3v) is 5.96. The van der Waals surface area contributed by atoms with Crippen molar-refractivity contribution in [3.05, 3.63) is 23.0 Å². The van der Waals surface area contributed by atoms with Gasteiger partial charge < -0.3 is 19.5 Å². The molecule has 6 nitrogen and oxygen atoms in total. The van der Waals surface area contributed by atoms with Crippen molar-refractivity contribution in [2.45, 2.75) is 46.6 Å². The average Bonchev–Trinajstić information content (AvgIpc) is 3.14. The zero-order chi connectivity index (χ0) is 18.2. The van der Waals surface area contributed by atoms with Crippen LogP contribution in [0.15, 0.2) is 6.07 Å². The number of hydrogen-bond acceptors (Lipinski definition) is 3. The predicted octanol–water partition coefficient (Wildman–Crippen LogP) is 1.57. The molecule has 1 unspecified atom stereocenters. The molecule has 2 aliphatic heterocycles. The normalized spacial score (nSPS) is 23.8. The summed E-state index contributed by atoms with van der Waals surface area (Å²) < 4.78 is 2.15. The minimum atomic E-state index is -0.445. The van der Waals surface area contributed by atoms with Crippen molar-refractivity contribution in [1.82, 2.24) is 14.4 Å². The summed E-state index contributed by atoms with van der Waals surface area (Å²) in [4.78, 5) is 29.5. The first kappa shape index (κ1) is 18.0. The van der Waals surface area contributed by atoms with Gasteiger partial charge in [-0.2, -0.15) is 0 Å². The summed E-state index contributed by atoms with van der Waals surface area (Å²) in [5.74, 6) is 0.152. The Morgan fingerprint density at radius 2 is 2.04 bits per heavy atom. The summed E-state index contributed by atoms with van der Waals surface area (Å²) in [5, 5.41) is 9.18. The fraction of sp³-hybridized carbons (Fsp3) is 0.684. The van der Waals surface area contributed by atoms with Gasteiger partial charge in [0, 0.05) is 44.1 Å². The van der Waals surface area contributed by atoms with Crippen LogP contribution >= 0.6 is 0 Å². The topological polar surface area (TPSA) is 65.8 Å². The number of carbonyl (C=O) groups is 2. The molecule has 3 rings (SSSR count). The first-order valence-corrected chi connectivity index (χ1v) is 9.30. The molecule has 25 heavy (non-hydrogen) atoms. The molecule has 0 saturated carbocycles. The lowest BCUT2D eigenvalue weighted by molar-refractivity contribution is -0.146. The second-order valence-electron chi connectivity index (χ2n) is 7.41. The summed E-state index contributed by atoms with van der Waals surface area (Å²) in [7, 11) is 0. The molecule has 0 bridgehead atoms. The molecule has 1 atom stereocenters. The van der Waals surface area contributed by atoms with E-state index in [4.69, 9.17) is 0 Å². The standard InChI is InChI=1S/C19H29N3O3/c1-4-22-14(2)12-16(15(22)3)17(24)21-9-7-19(13-21)6-5-8-20(10-11-23)18(19)25/h12,23H,4-11,13H2,1-3H3. The minimum Gasteiger partial charge on any atom is -0.395 e. The van der Waals surface area contributed by atoms with Crippen molar-refractivity contribution in [3.8, 4) is 0 Å². The maximum Gasteiger partial charge on any atom is 0.255 e. The molecular formula is C19H29N3O3. The maximum atomic E-state index is 13.0. The molecule has 1 aromatic rings. The highest BCUT2D eigenvalue weighted by Crippen LogP contribution is 2.40. The summed E-state index contributed by atoms with van der Waals surface area (Å²) in [5.41, 5.74) is 2.41. The number of amides is 2. The zero-order valence-corrected chi connectivity index (χ0v) is 15.5. The summed E-state index contributed by atoms with van der Waals surface area (Å²) in [6.07, 6.45) is 2.51. The van der Waals surface area contributed by atoms with E-state index < -0.39 is 5.41 Å². The highest BCUT2D eigenvalue weighted by Gasteiger charge is 2.49. The number of aliphatic hydroxyl groups is 1. The Morgan fingerprint density at radius 1 is 1.28 bits per heavy atom. The Morgan fingerprint density at radius 3 is 2.68 bits per heavy atom. The Bertz CT molecular complexity index is 680. The van der Waals surface area contributed by atoms with Crippen LogP contribution in [0.4, 0.5) is 0 Å². The number of aliphatic hydroxyl groups excluding tert-OH is 1. The highest BCUT2D eigenvalue weighted by atomic mass is 16.3. The van der Waals surface area contributed by atoms with Crippen LogP contribution in [0.1, 0.15) is 47.9 Å². The molecule has 2 fully saturated rings. The fourth-order valence-corrected chi connectivity index (χ4v) is 4.59. The molecule has 2 aliphatic rings. The first-order chi connectivity index (χ1) is 11.9. The monoisotopic (exact) mass is 347 g/mol. The van der Waals surface area contributed by atoms with Gasteiger partial charge in [-0.15, -0.1) is 0 Å². The average molecular weight is 347 g/mol. The van der Waals surface area contributed by atoms with Crippen LogP contribution in [0.5, 0.6) is 0 Å². The minimum absolute atomic E-state index is 0.00648. The number of carbonyl (C=O) groups excluding carboxylic acids is 2. The van der Waals surface area contributed by atoms with Crippen LogP contribution in [-0.2, 0) is 11.3 Å². The molecule has 6 heteroatoms. The Labute approximate surface area is 149 Å².